The predicted octanol–water partition coefficient (Wildman–Crippen LogP) is 2.79. The van der Waals surface area contributed by atoms with Crippen LogP contribution in [-0.2, 0) is 11.2 Å². The van der Waals surface area contributed by atoms with Gasteiger partial charge in [0, 0.05) is 30.9 Å². The summed E-state index contributed by atoms with van der Waals surface area (Å²) < 4.78 is 10.6. The number of aliphatic imine (C=N–C) groups is 1. The lowest BCUT2D eigenvalue weighted by Gasteiger charge is -2.25. The molecule has 1 fully saturated rings. The molecule has 2 N–H and O–H groups in total. The number of methoxy groups -OCH3 is 1. The van der Waals surface area contributed by atoms with E-state index in [4.69, 9.17) is 9.47 Å². The van der Waals surface area contributed by atoms with Crippen LogP contribution >= 0.6 is 0 Å². The van der Waals surface area contributed by atoms with Crippen LogP contribution in [0.4, 0.5) is 5.69 Å². The van der Waals surface area contributed by atoms with Gasteiger partial charge in [-0.25, -0.2) is 0 Å². The summed E-state index contributed by atoms with van der Waals surface area (Å²) in [5.41, 5.74) is 2.62. The Hall–Kier alpha value is -2.90. The summed E-state index contributed by atoms with van der Waals surface area (Å²) in [7, 11) is 1.63. The zero-order chi connectivity index (χ0) is 21.2. The molecule has 30 heavy (non-hydrogen) atoms. The molecular formula is C23H30N4O3. The number of carbonyl (C=O) groups excluding carboxylic acids is 1. The highest BCUT2D eigenvalue weighted by atomic mass is 16.5. The van der Waals surface area contributed by atoms with Crippen LogP contribution in [0.2, 0.25) is 0 Å². The fourth-order valence-electron chi connectivity index (χ4n) is 3.12. The maximum atomic E-state index is 12.7. The van der Waals surface area contributed by atoms with Crippen molar-refractivity contribution >= 4 is 17.6 Å². The molecule has 1 saturated heterocycles. The van der Waals surface area contributed by atoms with Crippen LogP contribution in [-0.4, -0.2) is 63.3 Å². The third-order valence-corrected chi connectivity index (χ3v) is 5.00. The molecule has 0 aromatic heterocycles. The minimum absolute atomic E-state index is 0.191. The normalized spacial score (nSPS) is 14.9. The molecule has 0 atom stereocenters. The molecule has 1 aliphatic heterocycles. The van der Waals surface area contributed by atoms with Gasteiger partial charge >= 0.3 is 0 Å². The number of morpholine rings is 1. The molecule has 2 aromatic rings. The van der Waals surface area contributed by atoms with Crippen molar-refractivity contribution in [1.82, 2.24) is 10.2 Å². The molecule has 0 unspecified atom stereocenters. The fraction of sp³-hybridized carbons (Fsp3) is 0.391. The van der Waals surface area contributed by atoms with E-state index in [9.17, 15) is 4.79 Å². The summed E-state index contributed by atoms with van der Waals surface area (Å²) in [6, 6.07) is 15.1. The molecule has 0 radical (unpaired) electrons. The first-order valence-corrected chi connectivity index (χ1v) is 10.3. The Bertz CT molecular complexity index is 829. The number of aryl methyl sites for hydroxylation is 1. The van der Waals surface area contributed by atoms with Crippen LogP contribution in [0.15, 0.2) is 53.5 Å². The van der Waals surface area contributed by atoms with Crippen molar-refractivity contribution in [3.63, 3.8) is 0 Å². The van der Waals surface area contributed by atoms with Crippen LogP contribution in [0.25, 0.3) is 0 Å². The van der Waals surface area contributed by atoms with Crippen molar-refractivity contribution in [2.24, 2.45) is 4.99 Å². The minimum Gasteiger partial charge on any atom is -0.497 e. The molecule has 2 aromatic carbocycles. The number of rotatable bonds is 7. The van der Waals surface area contributed by atoms with E-state index in [0.717, 1.165) is 50.7 Å². The summed E-state index contributed by atoms with van der Waals surface area (Å²) in [5, 5.41) is 6.12. The number of guanidine groups is 1. The summed E-state index contributed by atoms with van der Waals surface area (Å²) in [5.74, 6) is 1.01. The highest BCUT2D eigenvalue weighted by molar-refractivity contribution is 6.09. The third kappa shape index (κ3) is 6.57. The largest absolute Gasteiger partial charge is 0.497 e. The number of nitrogens with zero attached hydrogens (tertiary/aromatic N) is 2. The Balaban J connectivity index is 1.67. The standard InChI is InChI=1S/C23H30N4O3/c1-3-18-4-6-19(7-5-18)22(28)26-23(24-12-13-27-14-16-30-17-15-27)25-20-8-10-21(29-2)11-9-20/h4-11H,3,12-17H2,1-2H3,(H2,24,25,26,28). The zero-order valence-corrected chi connectivity index (χ0v) is 17.7. The fourth-order valence-corrected chi connectivity index (χ4v) is 3.12. The van der Waals surface area contributed by atoms with Crippen molar-refractivity contribution in [3.05, 3.63) is 59.7 Å². The number of hydrogen-bond acceptors (Lipinski definition) is 5. The quantitative estimate of drug-likeness (QED) is 0.542. The third-order valence-electron chi connectivity index (χ3n) is 5.00. The second-order valence-electron chi connectivity index (χ2n) is 7.04. The minimum atomic E-state index is -0.191. The number of hydrogen-bond donors (Lipinski definition) is 2. The summed E-state index contributed by atoms with van der Waals surface area (Å²) in [4.78, 5) is 19.7. The summed E-state index contributed by atoms with van der Waals surface area (Å²) in [6.07, 6.45) is 0.940. The van der Waals surface area contributed by atoms with Crippen molar-refractivity contribution in [2.45, 2.75) is 13.3 Å². The van der Waals surface area contributed by atoms with E-state index < -0.39 is 0 Å². The molecule has 0 bridgehead atoms. The monoisotopic (exact) mass is 410 g/mol. The Kier molecular flexibility index (Phi) is 8.23. The van der Waals surface area contributed by atoms with Gasteiger partial charge in [0.2, 0.25) is 5.96 Å². The highest BCUT2D eigenvalue weighted by Crippen LogP contribution is 2.15. The van der Waals surface area contributed by atoms with Gasteiger partial charge in [-0.2, -0.15) is 0 Å². The Labute approximate surface area is 178 Å². The summed E-state index contributed by atoms with van der Waals surface area (Å²) >= 11 is 0. The van der Waals surface area contributed by atoms with Crippen molar-refractivity contribution in [1.29, 1.82) is 0 Å². The molecule has 0 aliphatic carbocycles. The van der Waals surface area contributed by atoms with E-state index in [1.165, 1.54) is 5.56 Å². The van der Waals surface area contributed by atoms with E-state index >= 15 is 0 Å². The van der Waals surface area contributed by atoms with Gasteiger partial charge in [-0.1, -0.05) is 19.1 Å². The smallest absolute Gasteiger partial charge is 0.257 e. The molecule has 3 rings (SSSR count). The van der Waals surface area contributed by atoms with Gasteiger partial charge in [0.1, 0.15) is 5.75 Å². The molecule has 0 saturated carbocycles. The maximum Gasteiger partial charge on any atom is 0.257 e. The second-order valence-corrected chi connectivity index (χ2v) is 7.04. The number of benzene rings is 2. The number of ether oxygens (including phenoxy) is 2. The Morgan fingerprint density at radius 3 is 2.43 bits per heavy atom. The SMILES string of the molecule is CCc1ccc(C(=O)NC(=NCCN2CCOCC2)Nc2ccc(OC)cc2)cc1. The van der Waals surface area contributed by atoms with Gasteiger partial charge in [-0.15, -0.1) is 0 Å². The van der Waals surface area contributed by atoms with Crippen LogP contribution in [0.1, 0.15) is 22.8 Å². The van der Waals surface area contributed by atoms with Crippen LogP contribution < -0.4 is 15.4 Å². The first-order valence-electron chi connectivity index (χ1n) is 10.3. The van der Waals surface area contributed by atoms with Crippen molar-refractivity contribution < 1.29 is 14.3 Å². The lowest BCUT2D eigenvalue weighted by atomic mass is 10.1. The zero-order valence-electron chi connectivity index (χ0n) is 17.7. The topological polar surface area (TPSA) is 75.2 Å². The predicted molar refractivity (Wildman–Crippen MR) is 119 cm³/mol. The average molecular weight is 411 g/mol. The van der Waals surface area contributed by atoms with Crippen LogP contribution in [0.5, 0.6) is 5.75 Å². The number of amides is 1. The van der Waals surface area contributed by atoms with Gasteiger partial charge in [-0.3, -0.25) is 20.0 Å². The van der Waals surface area contributed by atoms with Gasteiger partial charge in [0.25, 0.3) is 5.91 Å². The molecule has 0 spiro atoms. The summed E-state index contributed by atoms with van der Waals surface area (Å²) in [6.45, 7) is 6.81. The van der Waals surface area contributed by atoms with E-state index in [1.54, 1.807) is 7.11 Å². The van der Waals surface area contributed by atoms with Crippen molar-refractivity contribution in [3.8, 4) is 5.75 Å². The molecule has 7 nitrogen and oxygen atoms in total. The average Bonchev–Trinajstić information content (AvgIpc) is 2.80. The van der Waals surface area contributed by atoms with E-state index in [2.05, 4.69) is 27.4 Å². The molecule has 7 heteroatoms. The highest BCUT2D eigenvalue weighted by Gasteiger charge is 2.12. The van der Waals surface area contributed by atoms with Crippen molar-refractivity contribution in [2.75, 3.05) is 51.8 Å². The van der Waals surface area contributed by atoms with E-state index in [1.807, 2.05) is 48.5 Å². The number of nitrogens with one attached hydrogen (secondary N) is 2. The van der Waals surface area contributed by atoms with E-state index in [-0.39, 0.29) is 5.91 Å². The van der Waals surface area contributed by atoms with Crippen LogP contribution in [0.3, 0.4) is 0 Å². The van der Waals surface area contributed by atoms with Crippen LogP contribution in [0, 0.1) is 0 Å². The molecular weight excluding hydrogens is 380 g/mol. The first-order chi connectivity index (χ1) is 14.7. The molecule has 160 valence electrons. The molecule has 1 aliphatic rings. The second kappa shape index (κ2) is 11.3. The van der Waals surface area contributed by atoms with Gasteiger partial charge < -0.3 is 14.8 Å². The Morgan fingerprint density at radius 2 is 1.80 bits per heavy atom. The Morgan fingerprint density at radius 1 is 1.10 bits per heavy atom. The van der Waals surface area contributed by atoms with E-state index in [0.29, 0.717) is 18.1 Å². The first kappa shape index (κ1) is 21.8. The van der Waals surface area contributed by atoms with Gasteiger partial charge in [-0.05, 0) is 48.4 Å². The number of anilines is 1. The lowest BCUT2D eigenvalue weighted by molar-refractivity contribution is 0.0394. The molecule has 1 amide bonds. The number of carbonyl (C=O) groups is 1. The lowest BCUT2D eigenvalue weighted by Crippen LogP contribution is -2.39. The maximum absolute atomic E-state index is 12.7. The molecule has 1 heterocycles. The van der Waals surface area contributed by atoms with Gasteiger partial charge in [0.15, 0.2) is 0 Å². The van der Waals surface area contributed by atoms with Gasteiger partial charge in [0.05, 0.1) is 26.9 Å².